The van der Waals surface area contributed by atoms with Crippen molar-refractivity contribution in [1.29, 1.82) is 0 Å². The Balaban J connectivity index is 1.70. The minimum atomic E-state index is -0.750. The number of likely N-dealkylation sites (tertiary alicyclic amines) is 1. The lowest BCUT2D eigenvalue weighted by molar-refractivity contribution is -0.137. The highest BCUT2D eigenvalue weighted by atomic mass is 35.5. The molecule has 1 fully saturated rings. The second kappa shape index (κ2) is 11.3. The monoisotopic (exact) mass is 395 g/mol. The van der Waals surface area contributed by atoms with Gasteiger partial charge in [-0.15, -0.1) is 0 Å². The van der Waals surface area contributed by atoms with E-state index in [1.807, 2.05) is 29.2 Å². The van der Waals surface area contributed by atoms with E-state index < -0.39 is 12.1 Å². The van der Waals surface area contributed by atoms with Gasteiger partial charge in [0.1, 0.15) is 0 Å². The highest BCUT2D eigenvalue weighted by molar-refractivity contribution is 6.31. The summed E-state index contributed by atoms with van der Waals surface area (Å²) in [7, 11) is 0. The number of carboxylic acids is 1. The van der Waals surface area contributed by atoms with Gasteiger partial charge >= 0.3 is 5.97 Å². The molecule has 1 aliphatic heterocycles. The number of rotatable bonds is 12. The summed E-state index contributed by atoms with van der Waals surface area (Å²) in [6.45, 7) is 0.733. The molecule has 1 amide bonds. The third-order valence-corrected chi connectivity index (χ3v) is 5.61. The molecule has 2 rings (SSSR count). The highest BCUT2D eigenvalue weighted by Gasteiger charge is 2.30. The number of aliphatic carboxylic acids is 1. The van der Waals surface area contributed by atoms with Gasteiger partial charge in [-0.3, -0.25) is 9.59 Å². The zero-order valence-electron chi connectivity index (χ0n) is 15.8. The van der Waals surface area contributed by atoms with Crippen LogP contribution in [0.5, 0.6) is 0 Å². The van der Waals surface area contributed by atoms with Gasteiger partial charge in [0.25, 0.3) is 0 Å². The molecule has 2 N–H and O–H groups in total. The molecule has 5 nitrogen and oxygen atoms in total. The van der Waals surface area contributed by atoms with Gasteiger partial charge in [-0.1, -0.05) is 42.6 Å². The molecule has 1 unspecified atom stereocenters. The summed E-state index contributed by atoms with van der Waals surface area (Å²) >= 11 is 6.15. The summed E-state index contributed by atoms with van der Waals surface area (Å²) in [5, 5.41) is 19.7. The lowest BCUT2D eigenvalue weighted by atomic mass is 10.0. The quantitative estimate of drug-likeness (QED) is 0.523. The van der Waals surface area contributed by atoms with Crippen molar-refractivity contribution in [1.82, 2.24) is 4.90 Å². The number of amides is 1. The number of carbonyl (C=O) groups excluding carboxylic acids is 1. The summed E-state index contributed by atoms with van der Waals surface area (Å²) in [5.41, 5.74) is 0.951. The van der Waals surface area contributed by atoms with E-state index in [0.29, 0.717) is 30.7 Å². The standard InChI is InChI=1S/C21H30ClNO4/c22-19-8-5-4-7-16(19)15-18(24)12-10-17-11-13-20(25)23(17)14-6-2-1-3-9-21(26)27/h4-5,7-8,17-18,24H,1-3,6,9-15H2,(H,26,27)/t17-,18?/m0/s1. The van der Waals surface area contributed by atoms with E-state index in [4.69, 9.17) is 16.7 Å². The summed E-state index contributed by atoms with van der Waals surface area (Å²) in [6, 6.07) is 7.76. The van der Waals surface area contributed by atoms with E-state index in [2.05, 4.69) is 0 Å². The molecule has 1 aromatic rings. The highest BCUT2D eigenvalue weighted by Crippen LogP contribution is 2.25. The van der Waals surface area contributed by atoms with E-state index in [1.54, 1.807) is 0 Å². The normalized spacial score (nSPS) is 18.1. The Morgan fingerprint density at radius 2 is 1.96 bits per heavy atom. The van der Waals surface area contributed by atoms with E-state index >= 15 is 0 Å². The lowest BCUT2D eigenvalue weighted by Gasteiger charge is -2.26. The topological polar surface area (TPSA) is 77.8 Å². The molecule has 6 heteroatoms. The van der Waals surface area contributed by atoms with Gasteiger partial charge in [-0.05, 0) is 50.2 Å². The fourth-order valence-corrected chi connectivity index (χ4v) is 3.93. The molecule has 27 heavy (non-hydrogen) atoms. The zero-order chi connectivity index (χ0) is 19.6. The van der Waals surface area contributed by atoms with Crippen molar-refractivity contribution in [2.45, 2.75) is 76.4 Å². The van der Waals surface area contributed by atoms with Gasteiger partial charge in [0.05, 0.1) is 6.10 Å². The molecule has 0 radical (unpaired) electrons. The Kier molecular flexibility index (Phi) is 9.08. The molecule has 1 saturated heterocycles. The van der Waals surface area contributed by atoms with E-state index in [-0.39, 0.29) is 18.4 Å². The smallest absolute Gasteiger partial charge is 0.303 e. The Morgan fingerprint density at radius 3 is 2.70 bits per heavy atom. The third kappa shape index (κ3) is 7.51. The number of nitrogens with zero attached hydrogens (tertiary/aromatic N) is 1. The van der Waals surface area contributed by atoms with Gasteiger partial charge in [0.15, 0.2) is 0 Å². The number of carboxylic acid groups (broad SMARTS) is 1. The second-order valence-electron chi connectivity index (χ2n) is 7.36. The molecule has 150 valence electrons. The van der Waals surface area contributed by atoms with Gasteiger partial charge in [0.2, 0.25) is 5.91 Å². The Bertz CT molecular complexity index is 622. The molecular formula is C21H30ClNO4. The maximum Gasteiger partial charge on any atom is 0.303 e. The first kappa shape index (κ1) is 21.7. The van der Waals surface area contributed by atoms with Crippen molar-refractivity contribution in [3.05, 3.63) is 34.9 Å². The van der Waals surface area contributed by atoms with Crippen LogP contribution in [0.4, 0.5) is 0 Å². The first-order valence-electron chi connectivity index (χ1n) is 9.90. The molecule has 0 bridgehead atoms. The maximum atomic E-state index is 12.1. The molecular weight excluding hydrogens is 366 g/mol. The second-order valence-corrected chi connectivity index (χ2v) is 7.77. The molecule has 0 aromatic heterocycles. The molecule has 0 saturated carbocycles. The number of aliphatic hydroxyl groups is 1. The predicted octanol–water partition coefficient (Wildman–Crippen LogP) is 4.05. The Labute approximate surface area is 166 Å². The Morgan fingerprint density at radius 1 is 1.22 bits per heavy atom. The number of hydrogen-bond acceptors (Lipinski definition) is 3. The molecule has 1 aliphatic rings. The van der Waals surface area contributed by atoms with Crippen molar-refractivity contribution < 1.29 is 19.8 Å². The molecule has 0 aliphatic carbocycles. The van der Waals surface area contributed by atoms with Crippen LogP contribution < -0.4 is 0 Å². The summed E-state index contributed by atoms with van der Waals surface area (Å²) in [5.74, 6) is -0.550. The number of hydrogen-bond donors (Lipinski definition) is 2. The van der Waals surface area contributed by atoms with Crippen molar-refractivity contribution in [3.63, 3.8) is 0 Å². The SMILES string of the molecule is O=C(O)CCCCCCN1C(=O)CC[C@@H]1CCC(O)Cc1ccccc1Cl. The van der Waals surface area contributed by atoms with Crippen LogP contribution in [0.2, 0.25) is 5.02 Å². The van der Waals surface area contributed by atoms with Crippen LogP contribution in [0.1, 0.15) is 63.4 Å². The molecule has 0 spiro atoms. The first-order chi connectivity index (χ1) is 13.0. The number of unbranched alkanes of at least 4 members (excludes halogenated alkanes) is 3. The average molecular weight is 396 g/mol. The molecule has 1 heterocycles. The van der Waals surface area contributed by atoms with Crippen molar-refractivity contribution in [2.75, 3.05) is 6.54 Å². The van der Waals surface area contributed by atoms with Crippen LogP contribution in [-0.4, -0.2) is 45.7 Å². The summed E-state index contributed by atoms with van der Waals surface area (Å²) < 4.78 is 0. The number of carbonyl (C=O) groups is 2. The van der Waals surface area contributed by atoms with Crippen LogP contribution in [0.3, 0.4) is 0 Å². The zero-order valence-corrected chi connectivity index (χ0v) is 16.5. The van der Waals surface area contributed by atoms with Crippen molar-refractivity contribution >= 4 is 23.5 Å². The van der Waals surface area contributed by atoms with Gasteiger partial charge in [-0.25, -0.2) is 0 Å². The third-order valence-electron chi connectivity index (χ3n) is 5.24. The van der Waals surface area contributed by atoms with Gasteiger partial charge in [0, 0.05) is 30.5 Å². The molecule has 1 aromatic carbocycles. The largest absolute Gasteiger partial charge is 0.481 e. The number of halogens is 1. The van der Waals surface area contributed by atoms with Crippen molar-refractivity contribution in [2.24, 2.45) is 0 Å². The van der Waals surface area contributed by atoms with E-state index in [9.17, 15) is 14.7 Å². The molecule has 2 atom stereocenters. The van der Waals surface area contributed by atoms with Crippen LogP contribution in [-0.2, 0) is 16.0 Å². The van der Waals surface area contributed by atoms with E-state index in [1.165, 1.54) is 0 Å². The average Bonchev–Trinajstić information content (AvgIpc) is 2.98. The van der Waals surface area contributed by atoms with Gasteiger partial charge < -0.3 is 15.1 Å². The fourth-order valence-electron chi connectivity index (χ4n) is 3.72. The summed E-state index contributed by atoms with van der Waals surface area (Å²) in [6.07, 6.45) is 6.62. The van der Waals surface area contributed by atoms with Crippen molar-refractivity contribution in [3.8, 4) is 0 Å². The van der Waals surface area contributed by atoms with Crippen LogP contribution in [0, 0.1) is 0 Å². The first-order valence-corrected chi connectivity index (χ1v) is 10.3. The minimum Gasteiger partial charge on any atom is -0.481 e. The maximum absolute atomic E-state index is 12.1. The number of aliphatic hydroxyl groups excluding tert-OH is 1. The Hall–Kier alpha value is -1.59. The summed E-state index contributed by atoms with van der Waals surface area (Å²) in [4.78, 5) is 24.6. The van der Waals surface area contributed by atoms with Crippen LogP contribution in [0.15, 0.2) is 24.3 Å². The fraction of sp³-hybridized carbons (Fsp3) is 0.619. The van der Waals surface area contributed by atoms with Crippen LogP contribution >= 0.6 is 11.6 Å². The predicted molar refractivity (Wildman–Crippen MR) is 106 cm³/mol. The number of benzene rings is 1. The van der Waals surface area contributed by atoms with Crippen LogP contribution in [0.25, 0.3) is 0 Å². The van der Waals surface area contributed by atoms with E-state index in [0.717, 1.165) is 44.2 Å². The minimum absolute atomic E-state index is 0.200. The lowest BCUT2D eigenvalue weighted by Crippen LogP contribution is -2.34. The van der Waals surface area contributed by atoms with Gasteiger partial charge in [-0.2, -0.15) is 0 Å².